The van der Waals surface area contributed by atoms with E-state index in [0.717, 1.165) is 12.3 Å². The number of rotatable bonds is 6. The molecule has 0 radical (unpaired) electrons. The smallest absolute Gasteiger partial charge is 0.224 e. The maximum absolute atomic E-state index is 11.9. The number of amides is 1. The number of hydrogen-bond donors (Lipinski definition) is 0. The van der Waals surface area contributed by atoms with E-state index in [1.54, 1.807) is 11.9 Å². The number of nitrogens with zero attached hydrogens (tertiary/aromatic N) is 2. The molecule has 2 aliphatic carbocycles. The summed E-state index contributed by atoms with van der Waals surface area (Å²) in [4.78, 5) is 13.6. The highest BCUT2D eigenvalue weighted by Gasteiger charge is 2.61. The summed E-state index contributed by atoms with van der Waals surface area (Å²) < 4.78 is 6.09. The van der Waals surface area contributed by atoms with Gasteiger partial charge in [0, 0.05) is 13.6 Å². The molecule has 2 fully saturated rings. The lowest BCUT2D eigenvalue weighted by atomic mass is 9.70. The molecule has 21 heavy (non-hydrogen) atoms. The molecule has 3 atom stereocenters. The van der Waals surface area contributed by atoms with Gasteiger partial charge in [-0.1, -0.05) is 20.8 Å². The molecular formula is C17H28N2O2. The Balaban J connectivity index is 1.78. The van der Waals surface area contributed by atoms with Gasteiger partial charge in [0.1, 0.15) is 0 Å². The quantitative estimate of drug-likeness (QED) is 0.756. The van der Waals surface area contributed by atoms with Crippen LogP contribution in [-0.2, 0) is 9.53 Å². The number of hydrogen-bond acceptors (Lipinski definition) is 3. The lowest BCUT2D eigenvalue weighted by Gasteiger charge is -2.39. The molecule has 0 spiro atoms. The van der Waals surface area contributed by atoms with E-state index in [9.17, 15) is 4.79 Å². The SMILES string of the molecule is CN(CCC#N)C(=O)CCOC1CC2CCC1(C)C2(C)C. The van der Waals surface area contributed by atoms with Crippen molar-refractivity contribution in [2.24, 2.45) is 16.7 Å². The summed E-state index contributed by atoms with van der Waals surface area (Å²) in [7, 11) is 1.75. The van der Waals surface area contributed by atoms with Crippen LogP contribution in [0.4, 0.5) is 0 Å². The topological polar surface area (TPSA) is 53.3 Å². The van der Waals surface area contributed by atoms with Gasteiger partial charge in [0.25, 0.3) is 0 Å². The third-order valence-corrected chi connectivity index (χ3v) is 6.33. The second kappa shape index (κ2) is 5.96. The standard InChI is InChI=1S/C17H28N2O2/c1-16(2)13-6-8-17(16,3)14(12-13)21-11-7-15(20)19(4)10-5-9-18/h13-14H,5-8,10-12H2,1-4H3. The summed E-state index contributed by atoms with van der Waals surface area (Å²) in [6.45, 7) is 8.10. The van der Waals surface area contributed by atoms with E-state index in [-0.39, 0.29) is 11.3 Å². The normalized spacial score (nSPS) is 32.9. The van der Waals surface area contributed by atoms with Crippen LogP contribution in [0.1, 0.15) is 52.9 Å². The van der Waals surface area contributed by atoms with Crippen LogP contribution >= 0.6 is 0 Å². The van der Waals surface area contributed by atoms with E-state index in [4.69, 9.17) is 10.00 Å². The summed E-state index contributed by atoms with van der Waals surface area (Å²) in [5.41, 5.74) is 0.610. The molecule has 0 aromatic rings. The van der Waals surface area contributed by atoms with Crippen LogP contribution in [-0.4, -0.2) is 37.1 Å². The lowest BCUT2D eigenvalue weighted by molar-refractivity contribution is -0.132. The van der Waals surface area contributed by atoms with E-state index >= 15 is 0 Å². The maximum Gasteiger partial charge on any atom is 0.224 e. The summed E-state index contributed by atoms with van der Waals surface area (Å²) >= 11 is 0. The number of carbonyl (C=O) groups excluding carboxylic acids is 1. The van der Waals surface area contributed by atoms with Crippen LogP contribution in [0.2, 0.25) is 0 Å². The highest BCUT2D eigenvalue weighted by Crippen LogP contribution is 2.66. The van der Waals surface area contributed by atoms with Gasteiger partial charge in [-0.25, -0.2) is 0 Å². The van der Waals surface area contributed by atoms with E-state index in [2.05, 4.69) is 26.8 Å². The first-order valence-electron chi connectivity index (χ1n) is 8.05. The molecule has 0 saturated heterocycles. The van der Waals surface area contributed by atoms with Gasteiger partial charge in [0.2, 0.25) is 5.91 Å². The molecule has 0 N–H and O–H groups in total. The maximum atomic E-state index is 11.9. The number of fused-ring (bicyclic) bond motifs is 2. The van der Waals surface area contributed by atoms with Crippen LogP contribution in [0, 0.1) is 28.1 Å². The highest BCUT2D eigenvalue weighted by atomic mass is 16.5. The third kappa shape index (κ3) is 2.81. The van der Waals surface area contributed by atoms with E-state index in [1.165, 1.54) is 12.8 Å². The van der Waals surface area contributed by atoms with Crippen molar-refractivity contribution in [1.82, 2.24) is 4.90 Å². The monoisotopic (exact) mass is 292 g/mol. The van der Waals surface area contributed by atoms with Crippen molar-refractivity contribution in [2.75, 3.05) is 20.2 Å². The second-order valence-corrected chi connectivity index (χ2v) is 7.44. The predicted molar refractivity (Wildman–Crippen MR) is 81.5 cm³/mol. The highest BCUT2D eigenvalue weighted by molar-refractivity contribution is 5.75. The molecule has 2 rings (SSSR count). The first kappa shape index (κ1) is 16.3. The number of ether oxygens (including phenoxy) is 1. The zero-order valence-electron chi connectivity index (χ0n) is 13.8. The molecule has 0 heterocycles. The fraction of sp³-hybridized carbons (Fsp3) is 0.882. The summed E-state index contributed by atoms with van der Waals surface area (Å²) in [6.07, 6.45) is 4.80. The predicted octanol–water partition coefficient (Wildman–Crippen LogP) is 2.98. The van der Waals surface area contributed by atoms with Gasteiger partial charge < -0.3 is 9.64 Å². The third-order valence-electron chi connectivity index (χ3n) is 6.33. The van der Waals surface area contributed by atoms with Crippen LogP contribution in [0.5, 0.6) is 0 Å². The zero-order valence-corrected chi connectivity index (χ0v) is 13.8. The summed E-state index contributed by atoms with van der Waals surface area (Å²) in [5, 5.41) is 8.54. The Kier molecular flexibility index (Phi) is 4.63. The van der Waals surface area contributed by atoms with Gasteiger partial charge in [0.05, 0.1) is 31.6 Å². The average Bonchev–Trinajstić information content (AvgIpc) is 2.77. The van der Waals surface area contributed by atoms with E-state index in [1.807, 2.05) is 0 Å². The van der Waals surface area contributed by atoms with Gasteiger partial charge in [-0.2, -0.15) is 5.26 Å². The molecule has 0 aliphatic heterocycles. The van der Waals surface area contributed by atoms with Gasteiger partial charge in [-0.15, -0.1) is 0 Å². The van der Waals surface area contributed by atoms with E-state index < -0.39 is 0 Å². The Bertz CT molecular complexity index is 441. The molecule has 118 valence electrons. The van der Waals surface area contributed by atoms with Crippen molar-refractivity contribution in [3.63, 3.8) is 0 Å². The molecule has 3 unspecified atom stereocenters. The fourth-order valence-electron chi connectivity index (χ4n) is 4.20. The Morgan fingerprint density at radius 2 is 2.14 bits per heavy atom. The molecule has 4 heteroatoms. The Labute approximate surface area is 128 Å². The van der Waals surface area contributed by atoms with Gasteiger partial charge in [0.15, 0.2) is 0 Å². The van der Waals surface area contributed by atoms with Crippen molar-refractivity contribution >= 4 is 5.91 Å². The first-order valence-corrected chi connectivity index (χ1v) is 8.05. The van der Waals surface area contributed by atoms with Crippen LogP contribution in [0.15, 0.2) is 0 Å². The average molecular weight is 292 g/mol. The van der Waals surface area contributed by atoms with Gasteiger partial charge in [-0.05, 0) is 36.0 Å². The van der Waals surface area contributed by atoms with Crippen LogP contribution in [0.25, 0.3) is 0 Å². The van der Waals surface area contributed by atoms with Crippen molar-refractivity contribution in [3.05, 3.63) is 0 Å². The Morgan fingerprint density at radius 3 is 2.67 bits per heavy atom. The molecule has 1 amide bonds. The summed E-state index contributed by atoms with van der Waals surface area (Å²) in [5.74, 6) is 0.833. The largest absolute Gasteiger partial charge is 0.377 e. The molecular weight excluding hydrogens is 264 g/mol. The molecule has 2 saturated carbocycles. The Morgan fingerprint density at radius 1 is 1.43 bits per heavy atom. The van der Waals surface area contributed by atoms with Crippen molar-refractivity contribution in [1.29, 1.82) is 5.26 Å². The van der Waals surface area contributed by atoms with Crippen LogP contribution in [0.3, 0.4) is 0 Å². The van der Waals surface area contributed by atoms with Crippen molar-refractivity contribution in [3.8, 4) is 6.07 Å². The molecule has 2 bridgehead atoms. The van der Waals surface area contributed by atoms with E-state index in [0.29, 0.717) is 37.5 Å². The minimum absolute atomic E-state index is 0.0674. The Hall–Kier alpha value is -1.08. The van der Waals surface area contributed by atoms with Gasteiger partial charge in [-0.3, -0.25) is 4.79 Å². The fourth-order valence-corrected chi connectivity index (χ4v) is 4.20. The second-order valence-electron chi connectivity index (χ2n) is 7.44. The molecule has 0 aromatic carbocycles. The first-order chi connectivity index (χ1) is 9.83. The summed E-state index contributed by atoms with van der Waals surface area (Å²) in [6, 6.07) is 2.06. The van der Waals surface area contributed by atoms with Crippen molar-refractivity contribution in [2.45, 2.75) is 59.0 Å². The number of carbonyl (C=O) groups is 1. The number of nitriles is 1. The lowest BCUT2D eigenvalue weighted by Crippen LogP contribution is -2.38. The van der Waals surface area contributed by atoms with Crippen LogP contribution < -0.4 is 0 Å². The van der Waals surface area contributed by atoms with Gasteiger partial charge >= 0.3 is 0 Å². The zero-order chi connectivity index (χ0) is 15.7. The molecule has 0 aromatic heterocycles. The molecule has 4 nitrogen and oxygen atoms in total. The minimum atomic E-state index is 0.0674. The van der Waals surface area contributed by atoms with Crippen molar-refractivity contribution < 1.29 is 9.53 Å². The minimum Gasteiger partial charge on any atom is -0.377 e. The molecule has 2 aliphatic rings.